The van der Waals surface area contributed by atoms with Crippen molar-refractivity contribution in [3.05, 3.63) is 0 Å². The van der Waals surface area contributed by atoms with Crippen molar-refractivity contribution in [2.45, 2.75) is 63.5 Å². The van der Waals surface area contributed by atoms with Crippen LogP contribution in [0.1, 0.15) is 51.4 Å². The van der Waals surface area contributed by atoms with Crippen LogP contribution in [0.5, 0.6) is 0 Å². The Bertz CT molecular complexity index is 430. The van der Waals surface area contributed by atoms with E-state index < -0.39 is 0 Å². The van der Waals surface area contributed by atoms with E-state index in [1.54, 1.807) is 0 Å². The molecule has 0 aromatic rings. The number of hydrogen-bond donors (Lipinski definition) is 1. The van der Waals surface area contributed by atoms with Crippen molar-refractivity contribution < 1.29 is 4.79 Å². The third-order valence-electron chi connectivity index (χ3n) is 6.91. The molecule has 5 heteroatoms. The molecule has 2 heterocycles. The van der Waals surface area contributed by atoms with Crippen LogP contribution in [0.15, 0.2) is 0 Å². The van der Waals surface area contributed by atoms with Crippen LogP contribution in [0.4, 0.5) is 0 Å². The van der Waals surface area contributed by atoms with Crippen molar-refractivity contribution in [3.8, 4) is 0 Å². The number of fused-ring (bicyclic) bond motifs is 2. The molecule has 1 amide bonds. The van der Waals surface area contributed by atoms with E-state index in [4.69, 9.17) is 5.73 Å². The average Bonchev–Trinajstić information content (AvgIpc) is 3.08. The average molecular weight is 342 g/mol. The molecule has 0 radical (unpaired) electrons. The first-order valence-electron chi connectivity index (χ1n) is 9.50. The van der Waals surface area contributed by atoms with Gasteiger partial charge in [-0.15, -0.1) is 12.4 Å². The summed E-state index contributed by atoms with van der Waals surface area (Å²) in [6.07, 6.45) is 10.3. The fourth-order valence-electron chi connectivity index (χ4n) is 5.75. The third-order valence-corrected chi connectivity index (χ3v) is 6.91. The number of carbonyl (C=O) groups excluding carboxylic acids is 1. The molecule has 0 aromatic heterocycles. The van der Waals surface area contributed by atoms with Gasteiger partial charge in [-0.2, -0.15) is 0 Å². The molecule has 2 N–H and O–H groups in total. The summed E-state index contributed by atoms with van der Waals surface area (Å²) < 4.78 is 0. The van der Waals surface area contributed by atoms with Gasteiger partial charge >= 0.3 is 0 Å². The number of hydrogen-bond acceptors (Lipinski definition) is 3. The lowest BCUT2D eigenvalue weighted by atomic mass is 9.78. The zero-order valence-corrected chi connectivity index (χ0v) is 15.0. The van der Waals surface area contributed by atoms with Gasteiger partial charge in [-0.3, -0.25) is 9.69 Å². The van der Waals surface area contributed by atoms with Gasteiger partial charge in [-0.25, -0.2) is 0 Å². The van der Waals surface area contributed by atoms with Crippen LogP contribution in [-0.2, 0) is 4.79 Å². The maximum Gasteiger partial charge on any atom is 0.237 e. The highest BCUT2D eigenvalue weighted by Gasteiger charge is 2.42. The van der Waals surface area contributed by atoms with Gasteiger partial charge in [0, 0.05) is 31.7 Å². The van der Waals surface area contributed by atoms with Crippen LogP contribution in [0.25, 0.3) is 0 Å². The third kappa shape index (κ3) is 3.40. The lowest BCUT2D eigenvalue weighted by Crippen LogP contribution is -2.52. The highest BCUT2D eigenvalue weighted by molar-refractivity contribution is 5.85. The van der Waals surface area contributed by atoms with Crippen molar-refractivity contribution in [3.63, 3.8) is 0 Å². The summed E-state index contributed by atoms with van der Waals surface area (Å²) in [5, 5.41) is 0. The minimum absolute atomic E-state index is 0. The predicted octanol–water partition coefficient (Wildman–Crippen LogP) is 2.26. The number of halogens is 1. The van der Waals surface area contributed by atoms with Crippen LogP contribution in [0.3, 0.4) is 0 Å². The fraction of sp³-hybridized carbons (Fsp3) is 0.944. The largest absolute Gasteiger partial charge is 0.338 e. The molecule has 0 bridgehead atoms. The van der Waals surface area contributed by atoms with Gasteiger partial charge in [0.1, 0.15) is 0 Å². The molecular formula is C18H32ClN3O. The summed E-state index contributed by atoms with van der Waals surface area (Å²) in [7, 11) is 0. The summed E-state index contributed by atoms with van der Waals surface area (Å²) in [4.78, 5) is 17.5. The molecule has 4 aliphatic rings. The predicted molar refractivity (Wildman–Crippen MR) is 94.6 cm³/mol. The number of rotatable bonds is 2. The Morgan fingerprint density at radius 3 is 2.57 bits per heavy atom. The summed E-state index contributed by atoms with van der Waals surface area (Å²) >= 11 is 0. The number of carbonyl (C=O) groups is 1. The van der Waals surface area contributed by atoms with Gasteiger partial charge in [-0.1, -0.05) is 12.8 Å². The minimum Gasteiger partial charge on any atom is -0.338 e. The Morgan fingerprint density at radius 1 is 0.957 bits per heavy atom. The highest BCUT2D eigenvalue weighted by Crippen LogP contribution is 2.38. The molecule has 4 nitrogen and oxygen atoms in total. The summed E-state index contributed by atoms with van der Waals surface area (Å²) in [6.45, 7) is 3.80. The second kappa shape index (κ2) is 7.28. The molecule has 2 saturated heterocycles. The standard InChI is InChI=1S/C18H31N3O.ClH/c19-16-8-7-14-10-20(11-15(14)16)12-18(22)21-9-3-5-13-4-1-2-6-17(13)21;/h13-17H,1-12,19H2;1H. The molecule has 132 valence electrons. The zero-order valence-electron chi connectivity index (χ0n) is 14.2. The van der Waals surface area contributed by atoms with E-state index >= 15 is 0 Å². The van der Waals surface area contributed by atoms with Crippen LogP contribution < -0.4 is 5.73 Å². The molecule has 4 fully saturated rings. The summed E-state index contributed by atoms with van der Waals surface area (Å²) in [5.74, 6) is 2.59. The van der Waals surface area contributed by atoms with Gasteiger partial charge in [0.15, 0.2) is 0 Å². The van der Waals surface area contributed by atoms with Gasteiger partial charge in [-0.05, 0) is 56.3 Å². The van der Waals surface area contributed by atoms with Crippen molar-refractivity contribution >= 4 is 18.3 Å². The van der Waals surface area contributed by atoms with Crippen LogP contribution >= 0.6 is 12.4 Å². The van der Waals surface area contributed by atoms with Gasteiger partial charge < -0.3 is 10.6 Å². The Balaban J connectivity index is 0.00000156. The molecule has 0 aromatic carbocycles. The molecule has 5 unspecified atom stereocenters. The maximum absolute atomic E-state index is 12.9. The van der Waals surface area contributed by atoms with Gasteiger partial charge in [0.05, 0.1) is 6.54 Å². The smallest absolute Gasteiger partial charge is 0.237 e. The normalized spacial score (nSPS) is 40.4. The number of nitrogens with two attached hydrogens (primary N) is 1. The van der Waals surface area contributed by atoms with Crippen molar-refractivity contribution in [1.82, 2.24) is 9.80 Å². The van der Waals surface area contributed by atoms with E-state index in [2.05, 4.69) is 9.80 Å². The van der Waals surface area contributed by atoms with E-state index in [0.29, 0.717) is 30.5 Å². The topological polar surface area (TPSA) is 49.6 Å². The number of amides is 1. The SMILES string of the molecule is Cl.NC1CCC2CN(CC(=O)N3CCCC4CCCCC43)CC12. The molecule has 5 atom stereocenters. The molecule has 0 spiro atoms. The molecule has 2 aliphatic heterocycles. The molecule has 23 heavy (non-hydrogen) atoms. The van der Waals surface area contributed by atoms with Crippen molar-refractivity contribution in [1.29, 1.82) is 0 Å². The first-order valence-corrected chi connectivity index (χ1v) is 9.50. The van der Waals surface area contributed by atoms with Crippen molar-refractivity contribution in [2.24, 2.45) is 23.5 Å². The molecule has 2 aliphatic carbocycles. The maximum atomic E-state index is 12.9. The van der Waals surface area contributed by atoms with E-state index in [-0.39, 0.29) is 12.4 Å². The molecule has 2 saturated carbocycles. The first-order chi connectivity index (χ1) is 10.7. The highest BCUT2D eigenvalue weighted by atomic mass is 35.5. The quantitative estimate of drug-likeness (QED) is 0.838. The minimum atomic E-state index is 0. The van der Waals surface area contributed by atoms with Crippen LogP contribution in [0.2, 0.25) is 0 Å². The number of nitrogens with zero attached hydrogens (tertiary/aromatic N) is 2. The van der Waals surface area contributed by atoms with Gasteiger partial charge in [0.25, 0.3) is 0 Å². The Labute approximate surface area is 146 Å². The zero-order chi connectivity index (χ0) is 15.1. The van der Waals surface area contributed by atoms with Crippen LogP contribution in [0, 0.1) is 17.8 Å². The van der Waals surface area contributed by atoms with E-state index in [1.165, 1.54) is 51.4 Å². The van der Waals surface area contributed by atoms with E-state index in [1.807, 2.05) is 0 Å². The second-order valence-electron chi connectivity index (χ2n) is 8.20. The van der Waals surface area contributed by atoms with Gasteiger partial charge in [0.2, 0.25) is 5.91 Å². The lowest BCUT2D eigenvalue weighted by molar-refractivity contribution is -0.138. The lowest BCUT2D eigenvalue weighted by Gasteiger charge is -2.44. The number of likely N-dealkylation sites (tertiary alicyclic amines) is 2. The monoisotopic (exact) mass is 341 g/mol. The van der Waals surface area contributed by atoms with Crippen molar-refractivity contribution in [2.75, 3.05) is 26.2 Å². The molecular weight excluding hydrogens is 310 g/mol. The molecule has 4 rings (SSSR count). The summed E-state index contributed by atoms with van der Waals surface area (Å²) in [5.41, 5.74) is 6.22. The fourth-order valence-corrected chi connectivity index (χ4v) is 5.75. The van der Waals surface area contributed by atoms with E-state index in [9.17, 15) is 4.79 Å². The first kappa shape index (κ1) is 17.5. The Hall–Kier alpha value is -0.320. The summed E-state index contributed by atoms with van der Waals surface area (Å²) in [6, 6.07) is 0.933. The number of piperidine rings is 1. The second-order valence-corrected chi connectivity index (χ2v) is 8.20. The van der Waals surface area contributed by atoms with Crippen LogP contribution in [-0.4, -0.2) is 54.0 Å². The Kier molecular flexibility index (Phi) is 5.54. The van der Waals surface area contributed by atoms with E-state index in [0.717, 1.165) is 31.5 Å². The Morgan fingerprint density at radius 2 is 1.74 bits per heavy atom.